The zero-order valence-corrected chi connectivity index (χ0v) is 12.5. The molecule has 0 spiro atoms. The number of ether oxygens (including phenoxy) is 2. The molecule has 2 aromatic rings. The van der Waals surface area contributed by atoms with Crippen molar-refractivity contribution in [2.45, 2.75) is 25.9 Å². The van der Waals surface area contributed by atoms with Gasteiger partial charge in [0, 0.05) is 35.6 Å². The van der Waals surface area contributed by atoms with E-state index in [9.17, 15) is 0 Å². The molecule has 0 fully saturated rings. The Morgan fingerprint density at radius 3 is 3.15 bits per heavy atom. The Balaban J connectivity index is 1.75. The number of aromatic nitrogens is 1. The summed E-state index contributed by atoms with van der Waals surface area (Å²) < 4.78 is 11.0. The first-order valence-electron chi connectivity index (χ1n) is 6.71. The molecule has 0 radical (unpaired) electrons. The van der Waals surface area contributed by atoms with Gasteiger partial charge in [-0.2, -0.15) is 0 Å². The van der Waals surface area contributed by atoms with Crippen LogP contribution in [0, 0.1) is 6.92 Å². The standard InChI is InChI=1S/C15H18N2O2S/c1-10-16-8-12(20-10)9-17-14-5-6-19-15-4-3-11(18-2)7-13(14)15/h3-4,7-8,14,17H,5-6,9H2,1-2H3. The van der Waals surface area contributed by atoms with Gasteiger partial charge >= 0.3 is 0 Å². The molecule has 1 aromatic carbocycles. The second-order valence-electron chi connectivity index (χ2n) is 4.82. The molecular formula is C15H18N2O2S. The van der Waals surface area contributed by atoms with Crippen LogP contribution in [0.15, 0.2) is 24.4 Å². The maximum atomic E-state index is 5.70. The van der Waals surface area contributed by atoms with Crippen LogP contribution in [0.2, 0.25) is 0 Å². The first-order chi connectivity index (χ1) is 9.76. The van der Waals surface area contributed by atoms with E-state index in [1.54, 1.807) is 18.4 Å². The number of fused-ring (bicyclic) bond motifs is 1. The predicted octanol–water partition coefficient (Wildman–Crippen LogP) is 3.07. The molecular weight excluding hydrogens is 272 g/mol. The molecule has 2 heterocycles. The number of thiazole rings is 1. The van der Waals surface area contributed by atoms with Crippen LogP contribution >= 0.6 is 11.3 Å². The molecule has 0 aliphatic carbocycles. The summed E-state index contributed by atoms with van der Waals surface area (Å²) in [6.45, 7) is 3.62. The van der Waals surface area contributed by atoms with Crippen LogP contribution in [0.25, 0.3) is 0 Å². The minimum atomic E-state index is 0.302. The lowest BCUT2D eigenvalue weighted by atomic mass is 10.00. The maximum absolute atomic E-state index is 5.70. The van der Waals surface area contributed by atoms with Gasteiger partial charge < -0.3 is 14.8 Å². The smallest absolute Gasteiger partial charge is 0.124 e. The van der Waals surface area contributed by atoms with E-state index in [1.165, 1.54) is 10.4 Å². The molecule has 20 heavy (non-hydrogen) atoms. The highest BCUT2D eigenvalue weighted by atomic mass is 32.1. The monoisotopic (exact) mass is 290 g/mol. The molecule has 5 heteroatoms. The Kier molecular flexibility index (Phi) is 3.89. The third-order valence-electron chi connectivity index (χ3n) is 3.45. The summed E-state index contributed by atoms with van der Waals surface area (Å²) in [5.41, 5.74) is 1.18. The zero-order valence-electron chi connectivity index (χ0n) is 11.7. The van der Waals surface area contributed by atoms with Crippen LogP contribution in [0.1, 0.15) is 27.9 Å². The Hall–Kier alpha value is -1.59. The van der Waals surface area contributed by atoms with Crippen LogP contribution < -0.4 is 14.8 Å². The fraction of sp³-hybridized carbons (Fsp3) is 0.400. The van der Waals surface area contributed by atoms with Crippen LogP contribution in [0.4, 0.5) is 0 Å². The molecule has 1 aliphatic heterocycles. The molecule has 1 N–H and O–H groups in total. The highest BCUT2D eigenvalue weighted by Gasteiger charge is 2.21. The van der Waals surface area contributed by atoms with Gasteiger partial charge in [-0.05, 0) is 25.1 Å². The first kappa shape index (κ1) is 13.4. The normalized spacial score (nSPS) is 17.4. The number of hydrogen-bond donors (Lipinski definition) is 1. The number of rotatable bonds is 4. The predicted molar refractivity (Wildman–Crippen MR) is 79.5 cm³/mol. The third-order valence-corrected chi connectivity index (χ3v) is 4.36. The van der Waals surface area contributed by atoms with E-state index in [0.717, 1.165) is 36.1 Å². The molecule has 1 aliphatic rings. The number of hydrogen-bond acceptors (Lipinski definition) is 5. The fourth-order valence-corrected chi connectivity index (χ4v) is 3.17. The SMILES string of the molecule is COc1ccc2c(c1)C(NCc1cnc(C)s1)CCO2. The van der Waals surface area contributed by atoms with Gasteiger partial charge in [-0.3, -0.25) is 0 Å². The molecule has 0 saturated carbocycles. The molecule has 1 atom stereocenters. The second kappa shape index (κ2) is 5.81. The van der Waals surface area contributed by atoms with Gasteiger partial charge in [0.1, 0.15) is 11.5 Å². The largest absolute Gasteiger partial charge is 0.497 e. The van der Waals surface area contributed by atoms with Gasteiger partial charge in [-0.1, -0.05) is 0 Å². The number of benzene rings is 1. The van der Waals surface area contributed by atoms with E-state index >= 15 is 0 Å². The summed E-state index contributed by atoms with van der Waals surface area (Å²) in [6.07, 6.45) is 2.91. The van der Waals surface area contributed by atoms with Crippen molar-refractivity contribution >= 4 is 11.3 Å². The van der Waals surface area contributed by atoms with E-state index in [1.807, 2.05) is 25.3 Å². The Bertz CT molecular complexity index is 597. The average molecular weight is 290 g/mol. The van der Waals surface area contributed by atoms with Crippen LogP contribution in [-0.4, -0.2) is 18.7 Å². The van der Waals surface area contributed by atoms with Gasteiger partial charge in [0.05, 0.1) is 18.7 Å². The lowest BCUT2D eigenvalue weighted by molar-refractivity contribution is 0.251. The van der Waals surface area contributed by atoms with Gasteiger partial charge in [-0.25, -0.2) is 4.98 Å². The Morgan fingerprint density at radius 1 is 1.50 bits per heavy atom. The van der Waals surface area contributed by atoms with Gasteiger partial charge in [-0.15, -0.1) is 11.3 Å². The van der Waals surface area contributed by atoms with Crippen LogP contribution in [-0.2, 0) is 6.54 Å². The summed E-state index contributed by atoms with van der Waals surface area (Å²) >= 11 is 1.74. The van der Waals surface area contributed by atoms with Crippen molar-refractivity contribution in [2.75, 3.05) is 13.7 Å². The van der Waals surface area contributed by atoms with Gasteiger partial charge in [0.25, 0.3) is 0 Å². The van der Waals surface area contributed by atoms with E-state index in [2.05, 4.69) is 16.4 Å². The van der Waals surface area contributed by atoms with Crippen molar-refractivity contribution in [1.29, 1.82) is 0 Å². The zero-order chi connectivity index (χ0) is 13.9. The van der Waals surface area contributed by atoms with Crippen molar-refractivity contribution in [3.8, 4) is 11.5 Å². The van der Waals surface area contributed by atoms with Crippen molar-refractivity contribution in [1.82, 2.24) is 10.3 Å². The van der Waals surface area contributed by atoms with Crippen molar-refractivity contribution in [2.24, 2.45) is 0 Å². The summed E-state index contributed by atoms with van der Waals surface area (Å²) in [4.78, 5) is 5.55. The number of nitrogens with one attached hydrogen (secondary N) is 1. The third kappa shape index (κ3) is 2.78. The second-order valence-corrected chi connectivity index (χ2v) is 6.14. The van der Waals surface area contributed by atoms with E-state index in [0.29, 0.717) is 6.04 Å². The summed E-state index contributed by atoms with van der Waals surface area (Å²) in [5, 5.41) is 4.70. The van der Waals surface area contributed by atoms with Gasteiger partial charge in [0.15, 0.2) is 0 Å². The van der Waals surface area contributed by atoms with E-state index in [4.69, 9.17) is 9.47 Å². The Morgan fingerprint density at radius 2 is 2.40 bits per heavy atom. The summed E-state index contributed by atoms with van der Waals surface area (Å²) in [5.74, 6) is 1.82. The van der Waals surface area contributed by atoms with Crippen LogP contribution in [0.3, 0.4) is 0 Å². The minimum absolute atomic E-state index is 0.302. The van der Waals surface area contributed by atoms with Crippen molar-refractivity contribution < 1.29 is 9.47 Å². The fourth-order valence-electron chi connectivity index (χ4n) is 2.42. The molecule has 106 valence electrons. The van der Waals surface area contributed by atoms with Gasteiger partial charge in [0.2, 0.25) is 0 Å². The van der Waals surface area contributed by atoms with Crippen molar-refractivity contribution in [3.63, 3.8) is 0 Å². The molecule has 1 aromatic heterocycles. The number of methoxy groups -OCH3 is 1. The summed E-state index contributed by atoms with van der Waals surface area (Å²) in [6, 6.07) is 6.28. The van der Waals surface area contributed by atoms with E-state index < -0.39 is 0 Å². The molecule has 0 amide bonds. The van der Waals surface area contributed by atoms with Crippen LogP contribution in [0.5, 0.6) is 11.5 Å². The molecule has 1 unspecified atom stereocenters. The number of aryl methyl sites for hydroxylation is 1. The highest BCUT2D eigenvalue weighted by molar-refractivity contribution is 7.11. The quantitative estimate of drug-likeness (QED) is 0.940. The maximum Gasteiger partial charge on any atom is 0.124 e. The van der Waals surface area contributed by atoms with Crippen molar-refractivity contribution in [3.05, 3.63) is 39.8 Å². The highest BCUT2D eigenvalue weighted by Crippen LogP contribution is 2.35. The summed E-state index contributed by atoms with van der Waals surface area (Å²) in [7, 11) is 1.69. The molecule has 0 saturated heterocycles. The lowest BCUT2D eigenvalue weighted by Gasteiger charge is -2.27. The first-order valence-corrected chi connectivity index (χ1v) is 7.53. The molecule has 4 nitrogen and oxygen atoms in total. The lowest BCUT2D eigenvalue weighted by Crippen LogP contribution is -2.26. The molecule has 0 bridgehead atoms. The topological polar surface area (TPSA) is 43.4 Å². The molecule has 3 rings (SSSR count). The number of nitrogens with zero attached hydrogens (tertiary/aromatic N) is 1. The average Bonchev–Trinajstić information content (AvgIpc) is 2.90. The van der Waals surface area contributed by atoms with E-state index in [-0.39, 0.29) is 0 Å². The Labute approximate surface area is 122 Å². The minimum Gasteiger partial charge on any atom is -0.497 e.